The number of hydrogen-bond acceptors (Lipinski definition) is 3. The van der Waals surface area contributed by atoms with Gasteiger partial charge in [-0.15, -0.1) is 0 Å². The van der Waals surface area contributed by atoms with E-state index < -0.39 is 0 Å². The molecule has 0 bridgehead atoms. The normalized spacial score (nSPS) is 19.9. The van der Waals surface area contributed by atoms with Gasteiger partial charge < -0.3 is 20.0 Å². The Labute approximate surface area is 168 Å². The van der Waals surface area contributed by atoms with E-state index in [2.05, 4.69) is 39.4 Å². The van der Waals surface area contributed by atoms with Crippen LogP contribution < -0.4 is 10.2 Å². The zero-order valence-corrected chi connectivity index (χ0v) is 17.5. The molecule has 1 saturated heterocycles. The molecule has 28 heavy (non-hydrogen) atoms. The smallest absolute Gasteiger partial charge is 0.317 e. The van der Waals surface area contributed by atoms with Crippen LogP contribution >= 0.6 is 0 Å². The van der Waals surface area contributed by atoms with Crippen molar-refractivity contribution in [1.29, 1.82) is 0 Å². The molecule has 0 aromatic heterocycles. The Balaban J connectivity index is 1.39. The van der Waals surface area contributed by atoms with Crippen LogP contribution in [0.25, 0.3) is 0 Å². The predicted molar refractivity (Wildman–Crippen MR) is 113 cm³/mol. The minimum atomic E-state index is -0.0586. The van der Waals surface area contributed by atoms with E-state index in [1.165, 1.54) is 24.1 Å². The van der Waals surface area contributed by atoms with Crippen LogP contribution in [-0.2, 0) is 11.2 Å². The van der Waals surface area contributed by atoms with Crippen molar-refractivity contribution in [3.05, 3.63) is 29.8 Å². The largest absolute Gasteiger partial charge is 0.378 e. The summed E-state index contributed by atoms with van der Waals surface area (Å²) in [5.74, 6) is 0.523. The topological polar surface area (TPSA) is 55.9 Å². The van der Waals surface area contributed by atoms with Gasteiger partial charge in [-0.1, -0.05) is 25.0 Å². The Bertz CT molecular complexity index is 668. The van der Waals surface area contributed by atoms with Crippen molar-refractivity contribution in [3.63, 3.8) is 0 Å². The summed E-state index contributed by atoms with van der Waals surface area (Å²) in [5, 5.41) is 3.00. The predicted octanol–water partition coefficient (Wildman–Crippen LogP) is 2.73. The minimum Gasteiger partial charge on any atom is -0.378 e. The molecule has 1 heterocycles. The van der Waals surface area contributed by atoms with E-state index in [1.807, 2.05) is 21.1 Å². The van der Waals surface area contributed by atoms with Crippen molar-refractivity contribution in [1.82, 2.24) is 15.1 Å². The number of benzene rings is 1. The summed E-state index contributed by atoms with van der Waals surface area (Å²) in [4.78, 5) is 30.6. The fraction of sp³-hybridized carbons (Fsp3) is 0.636. The molecule has 2 aliphatic rings. The second-order valence-corrected chi connectivity index (χ2v) is 8.48. The summed E-state index contributed by atoms with van der Waals surface area (Å²) in [7, 11) is 5.87. The van der Waals surface area contributed by atoms with Crippen LogP contribution in [0.4, 0.5) is 10.5 Å². The lowest BCUT2D eigenvalue weighted by molar-refractivity contribution is -0.129. The SMILES string of the molecule is CN(C[C@H]1CC(=O)N(C2CCCC2)C1)C(=O)NCCc1ccc(N(C)C)cc1. The van der Waals surface area contributed by atoms with Gasteiger partial charge in [0.15, 0.2) is 0 Å². The molecule has 1 saturated carbocycles. The highest BCUT2D eigenvalue weighted by molar-refractivity contribution is 5.79. The summed E-state index contributed by atoms with van der Waals surface area (Å²) < 4.78 is 0. The standard InChI is InChI=1S/C22H34N4O2/c1-24(2)19-10-8-17(9-11-19)12-13-23-22(28)25(3)15-18-14-21(27)26(16-18)20-6-4-5-7-20/h8-11,18,20H,4-7,12-16H2,1-3H3,(H,23,28)/t18-/m1/s1. The number of hydrogen-bond donors (Lipinski definition) is 1. The van der Waals surface area contributed by atoms with Crippen molar-refractivity contribution in [2.45, 2.75) is 44.6 Å². The van der Waals surface area contributed by atoms with Gasteiger partial charge in [-0.3, -0.25) is 4.79 Å². The molecule has 3 amide bonds. The van der Waals surface area contributed by atoms with Crippen LogP contribution in [0.15, 0.2) is 24.3 Å². The van der Waals surface area contributed by atoms with Crippen LogP contribution in [-0.4, -0.2) is 68.6 Å². The summed E-state index contributed by atoms with van der Waals surface area (Å²) in [5.41, 5.74) is 2.38. The molecule has 154 valence electrons. The number of anilines is 1. The Morgan fingerprint density at radius 3 is 2.46 bits per heavy atom. The van der Waals surface area contributed by atoms with E-state index in [4.69, 9.17) is 0 Å². The van der Waals surface area contributed by atoms with Crippen molar-refractivity contribution in [2.75, 3.05) is 45.7 Å². The Morgan fingerprint density at radius 2 is 1.82 bits per heavy atom. The van der Waals surface area contributed by atoms with Crippen LogP contribution in [0.2, 0.25) is 0 Å². The number of amides is 3. The number of nitrogens with zero attached hydrogens (tertiary/aromatic N) is 3. The van der Waals surface area contributed by atoms with Gasteiger partial charge in [0.1, 0.15) is 0 Å². The molecule has 0 spiro atoms. The molecule has 1 aliphatic heterocycles. The number of nitrogens with one attached hydrogen (secondary N) is 1. The van der Waals surface area contributed by atoms with Crippen LogP contribution in [0, 0.1) is 5.92 Å². The molecule has 1 aliphatic carbocycles. The second-order valence-electron chi connectivity index (χ2n) is 8.48. The number of carbonyl (C=O) groups excluding carboxylic acids is 2. The number of carbonyl (C=O) groups is 2. The van der Waals surface area contributed by atoms with Gasteiger partial charge in [0.05, 0.1) is 0 Å². The fourth-order valence-electron chi connectivity index (χ4n) is 4.38. The molecule has 1 aromatic carbocycles. The van der Waals surface area contributed by atoms with Gasteiger partial charge in [0.2, 0.25) is 5.91 Å². The average Bonchev–Trinajstić information content (AvgIpc) is 3.31. The highest BCUT2D eigenvalue weighted by Gasteiger charge is 2.36. The molecule has 0 radical (unpaired) electrons. The first-order chi connectivity index (χ1) is 13.4. The molecule has 2 fully saturated rings. The summed E-state index contributed by atoms with van der Waals surface area (Å²) in [6.45, 7) is 2.06. The molecule has 3 rings (SSSR count). The van der Waals surface area contributed by atoms with Gasteiger partial charge in [-0.05, 0) is 37.0 Å². The molecule has 1 N–H and O–H groups in total. The molecule has 6 heteroatoms. The van der Waals surface area contributed by atoms with E-state index in [0.717, 1.165) is 25.8 Å². The zero-order valence-electron chi connectivity index (χ0n) is 17.5. The molecular formula is C22H34N4O2. The Morgan fingerprint density at radius 1 is 1.14 bits per heavy atom. The number of urea groups is 1. The van der Waals surface area contributed by atoms with Crippen molar-refractivity contribution in [3.8, 4) is 0 Å². The van der Waals surface area contributed by atoms with Gasteiger partial charge in [-0.2, -0.15) is 0 Å². The Kier molecular flexibility index (Phi) is 6.81. The first-order valence-corrected chi connectivity index (χ1v) is 10.5. The molecular weight excluding hydrogens is 352 g/mol. The summed E-state index contributed by atoms with van der Waals surface area (Å²) in [6.07, 6.45) is 6.14. The van der Waals surface area contributed by atoms with E-state index in [0.29, 0.717) is 25.6 Å². The average molecular weight is 387 g/mol. The third-order valence-corrected chi connectivity index (χ3v) is 6.03. The van der Waals surface area contributed by atoms with Crippen LogP contribution in [0.1, 0.15) is 37.7 Å². The lowest BCUT2D eigenvalue weighted by Gasteiger charge is -2.25. The van der Waals surface area contributed by atoms with Gasteiger partial charge >= 0.3 is 6.03 Å². The van der Waals surface area contributed by atoms with Crippen LogP contribution in [0.3, 0.4) is 0 Å². The minimum absolute atomic E-state index is 0.0586. The highest BCUT2D eigenvalue weighted by Crippen LogP contribution is 2.29. The quantitative estimate of drug-likeness (QED) is 0.784. The molecule has 6 nitrogen and oxygen atoms in total. The van der Waals surface area contributed by atoms with E-state index in [1.54, 1.807) is 4.90 Å². The zero-order chi connectivity index (χ0) is 20.1. The number of likely N-dealkylation sites (tertiary alicyclic amines) is 1. The summed E-state index contributed by atoms with van der Waals surface area (Å²) in [6, 6.07) is 8.78. The van der Waals surface area contributed by atoms with Gasteiger partial charge in [0, 0.05) is 64.8 Å². The lowest BCUT2D eigenvalue weighted by Crippen LogP contribution is -2.41. The van der Waals surface area contributed by atoms with Crippen molar-refractivity contribution in [2.24, 2.45) is 5.92 Å². The van der Waals surface area contributed by atoms with Gasteiger partial charge in [0.25, 0.3) is 0 Å². The van der Waals surface area contributed by atoms with E-state index in [9.17, 15) is 9.59 Å². The maximum Gasteiger partial charge on any atom is 0.317 e. The highest BCUT2D eigenvalue weighted by atomic mass is 16.2. The van der Waals surface area contributed by atoms with Crippen molar-refractivity contribution < 1.29 is 9.59 Å². The second kappa shape index (κ2) is 9.30. The maximum absolute atomic E-state index is 12.4. The van der Waals surface area contributed by atoms with Gasteiger partial charge in [-0.25, -0.2) is 4.79 Å². The summed E-state index contributed by atoms with van der Waals surface area (Å²) >= 11 is 0. The van der Waals surface area contributed by atoms with E-state index >= 15 is 0 Å². The Hall–Kier alpha value is -2.24. The maximum atomic E-state index is 12.4. The third-order valence-electron chi connectivity index (χ3n) is 6.03. The fourth-order valence-corrected chi connectivity index (χ4v) is 4.38. The van der Waals surface area contributed by atoms with Crippen LogP contribution in [0.5, 0.6) is 0 Å². The molecule has 0 unspecified atom stereocenters. The lowest BCUT2D eigenvalue weighted by atomic mass is 10.1. The molecule has 1 atom stereocenters. The van der Waals surface area contributed by atoms with Crippen molar-refractivity contribution >= 4 is 17.6 Å². The third kappa shape index (κ3) is 5.18. The van der Waals surface area contributed by atoms with E-state index in [-0.39, 0.29) is 17.9 Å². The first kappa shape index (κ1) is 20.5. The monoisotopic (exact) mass is 386 g/mol. The molecule has 1 aromatic rings. The first-order valence-electron chi connectivity index (χ1n) is 10.5. The number of rotatable bonds is 7.